The molecule has 0 radical (unpaired) electrons. The summed E-state index contributed by atoms with van der Waals surface area (Å²) in [6.45, 7) is 0.390. The molecule has 168 valence electrons. The number of sulfone groups is 1. The minimum Gasteiger partial charge on any atom is -0.355 e. The quantitative estimate of drug-likeness (QED) is 0.446. The summed E-state index contributed by atoms with van der Waals surface area (Å²) in [5.74, 6) is -0.717. The molecule has 6 heteroatoms. The number of para-hydroxylation sites is 1. The zero-order valence-corrected chi connectivity index (χ0v) is 19.0. The average molecular weight is 459 g/mol. The molecule has 2 atom stereocenters. The van der Waals surface area contributed by atoms with E-state index in [4.69, 9.17) is 0 Å². The molecule has 0 aliphatic carbocycles. The number of amides is 1. The van der Waals surface area contributed by atoms with Crippen LogP contribution in [0.4, 0.5) is 0 Å². The molecule has 1 aliphatic rings. The standard InChI is InChI=1S/C27H26N2O3S/c30-27(21-15-16-33(31,32)18-21)28-17-23(19-9-3-1-4-10-19)25-22-13-7-8-14-24(22)29-26(25)20-11-5-2-6-12-20/h1-14,21,23,29H,15-18H2,(H,28,30). The van der Waals surface area contributed by atoms with E-state index in [9.17, 15) is 13.2 Å². The monoisotopic (exact) mass is 458 g/mol. The molecule has 1 aromatic heterocycles. The lowest BCUT2D eigenvalue weighted by Gasteiger charge is -2.21. The van der Waals surface area contributed by atoms with E-state index in [1.165, 1.54) is 0 Å². The Morgan fingerprint density at radius 1 is 0.939 bits per heavy atom. The molecular weight excluding hydrogens is 432 g/mol. The minimum absolute atomic E-state index is 0.0583. The van der Waals surface area contributed by atoms with Crippen molar-refractivity contribution in [2.75, 3.05) is 18.1 Å². The summed E-state index contributed by atoms with van der Waals surface area (Å²) in [6, 6.07) is 28.5. The summed E-state index contributed by atoms with van der Waals surface area (Å²) in [5, 5.41) is 4.19. The number of hydrogen-bond donors (Lipinski definition) is 2. The molecule has 1 amide bonds. The molecule has 1 fully saturated rings. The molecule has 3 aromatic carbocycles. The lowest BCUT2D eigenvalue weighted by Crippen LogP contribution is -2.34. The van der Waals surface area contributed by atoms with Gasteiger partial charge in [-0.1, -0.05) is 78.9 Å². The van der Waals surface area contributed by atoms with Gasteiger partial charge in [-0.3, -0.25) is 4.79 Å². The molecule has 4 aromatic rings. The third-order valence-corrected chi connectivity index (χ3v) is 8.21. The average Bonchev–Trinajstić information content (AvgIpc) is 3.41. The second kappa shape index (κ2) is 8.87. The Kier molecular flexibility index (Phi) is 5.77. The number of aromatic nitrogens is 1. The Labute approximate surface area is 193 Å². The lowest BCUT2D eigenvalue weighted by molar-refractivity contribution is -0.124. The van der Waals surface area contributed by atoms with Crippen molar-refractivity contribution in [2.45, 2.75) is 12.3 Å². The van der Waals surface area contributed by atoms with Crippen molar-refractivity contribution in [3.8, 4) is 11.3 Å². The highest BCUT2D eigenvalue weighted by molar-refractivity contribution is 7.91. The zero-order chi connectivity index (χ0) is 22.8. The van der Waals surface area contributed by atoms with Crippen LogP contribution in [0.3, 0.4) is 0 Å². The van der Waals surface area contributed by atoms with E-state index in [-0.39, 0.29) is 23.3 Å². The summed E-state index contributed by atoms with van der Waals surface area (Å²) in [5.41, 5.74) is 5.38. The predicted octanol–water partition coefficient (Wildman–Crippen LogP) is 4.52. The SMILES string of the molecule is O=C(NCC(c1ccccc1)c1c(-c2ccccc2)[nH]c2ccccc12)C1CCS(=O)(=O)C1. The second-order valence-corrected chi connectivity index (χ2v) is 10.9. The lowest BCUT2D eigenvalue weighted by atomic mass is 9.87. The van der Waals surface area contributed by atoms with E-state index in [1.807, 2.05) is 48.5 Å². The van der Waals surface area contributed by atoms with Crippen LogP contribution >= 0.6 is 0 Å². The Bertz CT molecular complexity index is 1380. The highest BCUT2D eigenvalue weighted by Gasteiger charge is 2.33. The van der Waals surface area contributed by atoms with Gasteiger partial charge in [0.25, 0.3) is 0 Å². The first-order valence-electron chi connectivity index (χ1n) is 11.2. The topological polar surface area (TPSA) is 79.0 Å². The summed E-state index contributed by atoms with van der Waals surface area (Å²) in [7, 11) is -3.11. The molecule has 5 rings (SSSR count). The third kappa shape index (κ3) is 4.44. The molecule has 5 nitrogen and oxygen atoms in total. The molecule has 2 heterocycles. The number of nitrogens with one attached hydrogen (secondary N) is 2. The molecule has 33 heavy (non-hydrogen) atoms. The fraction of sp³-hybridized carbons (Fsp3) is 0.222. The van der Waals surface area contributed by atoms with Gasteiger partial charge in [-0.15, -0.1) is 0 Å². The first kappa shape index (κ1) is 21.5. The largest absolute Gasteiger partial charge is 0.355 e. The first-order valence-corrected chi connectivity index (χ1v) is 13.0. The summed E-state index contributed by atoms with van der Waals surface area (Å²) < 4.78 is 23.7. The minimum atomic E-state index is -3.11. The van der Waals surface area contributed by atoms with Crippen LogP contribution in [0.15, 0.2) is 84.9 Å². The summed E-state index contributed by atoms with van der Waals surface area (Å²) in [6.07, 6.45) is 0.395. The Balaban J connectivity index is 1.56. The molecule has 2 unspecified atom stereocenters. The summed E-state index contributed by atoms with van der Waals surface area (Å²) >= 11 is 0. The van der Waals surface area contributed by atoms with E-state index in [0.717, 1.165) is 33.3 Å². The number of rotatable bonds is 6. The van der Waals surface area contributed by atoms with E-state index in [1.54, 1.807) is 0 Å². The van der Waals surface area contributed by atoms with Crippen molar-refractivity contribution >= 4 is 26.6 Å². The van der Waals surface area contributed by atoms with Crippen molar-refractivity contribution in [1.82, 2.24) is 10.3 Å². The molecule has 0 bridgehead atoms. The van der Waals surface area contributed by atoms with Crippen LogP contribution in [0, 0.1) is 5.92 Å². The second-order valence-electron chi connectivity index (χ2n) is 8.63. The third-order valence-electron chi connectivity index (χ3n) is 6.44. The van der Waals surface area contributed by atoms with Crippen LogP contribution in [0.5, 0.6) is 0 Å². The molecule has 2 N–H and O–H groups in total. The van der Waals surface area contributed by atoms with Gasteiger partial charge in [0.2, 0.25) is 5.91 Å². The fourth-order valence-electron chi connectivity index (χ4n) is 4.78. The first-order chi connectivity index (χ1) is 16.0. The van der Waals surface area contributed by atoms with Gasteiger partial charge in [0.05, 0.1) is 23.1 Å². The van der Waals surface area contributed by atoms with Gasteiger partial charge >= 0.3 is 0 Å². The van der Waals surface area contributed by atoms with Crippen LogP contribution in [0.25, 0.3) is 22.2 Å². The molecule has 1 saturated heterocycles. The van der Waals surface area contributed by atoms with Crippen LogP contribution in [0.2, 0.25) is 0 Å². The van der Waals surface area contributed by atoms with Crippen LogP contribution in [0.1, 0.15) is 23.5 Å². The van der Waals surface area contributed by atoms with Gasteiger partial charge in [-0.05, 0) is 29.2 Å². The highest BCUT2D eigenvalue weighted by Crippen LogP contribution is 2.38. The molecule has 0 saturated carbocycles. The van der Waals surface area contributed by atoms with Gasteiger partial charge < -0.3 is 10.3 Å². The Hall–Kier alpha value is -3.38. The van der Waals surface area contributed by atoms with Gasteiger partial charge in [0.1, 0.15) is 0 Å². The maximum Gasteiger partial charge on any atom is 0.224 e. The maximum atomic E-state index is 12.9. The molecular formula is C27H26N2O3S. The van der Waals surface area contributed by atoms with Crippen molar-refractivity contribution in [3.63, 3.8) is 0 Å². The number of fused-ring (bicyclic) bond motifs is 1. The van der Waals surface area contributed by atoms with Gasteiger partial charge in [0, 0.05) is 23.4 Å². The number of H-pyrrole nitrogens is 1. The highest BCUT2D eigenvalue weighted by atomic mass is 32.2. The Morgan fingerprint density at radius 2 is 1.61 bits per heavy atom. The Morgan fingerprint density at radius 3 is 2.30 bits per heavy atom. The summed E-state index contributed by atoms with van der Waals surface area (Å²) in [4.78, 5) is 16.5. The van der Waals surface area contributed by atoms with Crippen LogP contribution in [-0.2, 0) is 14.6 Å². The number of benzene rings is 3. The number of carbonyl (C=O) groups excluding carboxylic acids is 1. The predicted molar refractivity (Wildman–Crippen MR) is 132 cm³/mol. The van der Waals surface area contributed by atoms with Crippen molar-refractivity contribution in [2.24, 2.45) is 5.92 Å². The molecule has 0 spiro atoms. The van der Waals surface area contributed by atoms with E-state index < -0.39 is 15.8 Å². The van der Waals surface area contributed by atoms with Gasteiger partial charge in [0.15, 0.2) is 9.84 Å². The van der Waals surface area contributed by atoms with E-state index in [2.05, 4.69) is 46.7 Å². The van der Waals surface area contributed by atoms with Crippen molar-refractivity contribution in [3.05, 3.63) is 96.1 Å². The van der Waals surface area contributed by atoms with Gasteiger partial charge in [-0.2, -0.15) is 0 Å². The number of aromatic amines is 1. The van der Waals surface area contributed by atoms with Crippen LogP contribution < -0.4 is 5.32 Å². The number of hydrogen-bond acceptors (Lipinski definition) is 3. The van der Waals surface area contributed by atoms with E-state index >= 15 is 0 Å². The van der Waals surface area contributed by atoms with Gasteiger partial charge in [-0.25, -0.2) is 8.42 Å². The molecule has 1 aliphatic heterocycles. The smallest absolute Gasteiger partial charge is 0.224 e. The normalized spacial score (nSPS) is 18.2. The fourth-order valence-corrected chi connectivity index (χ4v) is 6.52. The van der Waals surface area contributed by atoms with Crippen molar-refractivity contribution < 1.29 is 13.2 Å². The van der Waals surface area contributed by atoms with Crippen LogP contribution in [-0.4, -0.2) is 37.4 Å². The van der Waals surface area contributed by atoms with E-state index in [0.29, 0.717) is 13.0 Å². The zero-order valence-electron chi connectivity index (χ0n) is 18.2. The number of carbonyl (C=O) groups is 1. The van der Waals surface area contributed by atoms with Crippen molar-refractivity contribution in [1.29, 1.82) is 0 Å². The maximum absolute atomic E-state index is 12.9.